The third-order valence-electron chi connectivity index (χ3n) is 5.84. The Bertz CT molecular complexity index is 1010. The molecule has 0 bridgehead atoms. The summed E-state index contributed by atoms with van der Waals surface area (Å²) in [7, 11) is 0. The Balaban J connectivity index is 0.000000249. The maximum absolute atomic E-state index is 11.7. The molecule has 1 fully saturated rings. The van der Waals surface area contributed by atoms with Crippen LogP contribution in [-0.2, 0) is 32.3 Å². The first kappa shape index (κ1) is 26.9. The van der Waals surface area contributed by atoms with Crippen molar-refractivity contribution in [3.8, 4) is 0 Å². The lowest BCUT2D eigenvalue weighted by Gasteiger charge is -2.18. The summed E-state index contributed by atoms with van der Waals surface area (Å²) in [6.45, 7) is -0.134. The molecule has 9 heteroatoms. The van der Waals surface area contributed by atoms with E-state index in [0.29, 0.717) is 11.7 Å². The minimum Gasteiger partial charge on any atom is -0.459 e. The first-order valence-corrected chi connectivity index (χ1v) is 12.0. The van der Waals surface area contributed by atoms with Crippen LogP contribution in [0, 0.1) is 0 Å². The van der Waals surface area contributed by atoms with Crippen LogP contribution in [0.1, 0.15) is 55.0 Å². The van der Waals surface area contributed by atoms with Crippen LogP contribution in [0.2, 0.25) is 0 Å². The fourth-order valence-corrected chi connectivity index (χ4v) is 3.82. The number of aromatic nitrogens is 2. The van der Waals surface area contributed by atoms with Gasteiger partial charge in [0.15, 0.2) is 12.2 Å². The number of hydrogen-bond acceptors (Lipinski definition) is 8. The SMILES string of the molecule is Nc1c[nH]c(C2CCCCC2)n1.O=C(OCc1ccccc1)C(O)C(O)C(=O)OCc1ccccc1. The minimum atomic E-state index is -2.00. The second-order valence-electron chi connectivity index (χ2n) is 8.62. The van der Waals surface area contributed by atoms with Crippen LogP contribution < -0.4 is 5.73 Å². The number of nitrogen functional groups attached to an aromatic ring is 1. The summed E-state index contributed by atoms with van der Waals surface area (Å²) in [6.07, 6.45) is 4.38. The second kappa shape index (κ2) is 14.0. The molecule has 36 heavy (non-hydrogen) atoms. The van der Waals surface area contributed by atoms with Gasteiger partial charge >= 0.3 is 11.9 Å². The van der Waals surface area contributed by atoms with Crippen LogP contribution >= 0.6 is 0 Å². The van der Waals surface area contributed by atoms with Gasteiger partial charge in [0.25, 0.3) is 0 Å². The van der Waals surface area contributed by atoms with Gasteiger partial charge < -0.3 is 30.4 Å². The zero-order valence-corrected chi connectivity index (χ0v) is 20.1. The fourth-order valence-electron chi connectivity index (χ4n) is 3.82. The van der Waals surface area contributed by atoms with Crippen molar-refractivity contribution < 1.29 is 29.3 Å². The molecule has 1 aromatic heterocycles. The molecule has 2 atom stereocenters. The second-order valence-corrected chi connectivity index (χ2v) is 8.62. The monoisotopic (exact) mass is 495 g/mol. The summed E-state index contributed by atoms with van der Waals surface area (Å²) in [5.41, 5.74) is 6.99. The molecule has 4 rings (SSSR count). The molecule has 1 aliphatic rings. The van der Waals surface area contributed by atoms with Gasteiger partial charge in [0.1, 0.15) is 24.9 Å². The quantitative estimate of drug-likeness (QED) is 0.348. The number of nitrogens with two attached hydrogens (primary N) is 1. The predicted molar refractivity (Wildman–Crippen MR) is 133 cm³/mol. The lowest BCUT2D eigenvalue weighted by molar-refractivity contribution is -0.174. The molecule has 0 spiro atoms. The lowest BCUT2D eigenvalue weighted by atomic mass is 9.89. The fraction of sp³-hybridized carbons (Fsp3) is 0.370. The molecular formula is C27H33N3O6. The average molecular weight is 496 g/mol. The van der Waals surface area contributed by atoms with E-state index in [9.17, 15) is 19.8 Å². The van der Waals surface area contributed by atoms with Crippen LogP contribution in [0.3, 0.4) is 0 Å². The Hall–Kier alpha value is -3.69. The molecule has 9 nitrogen and oxygen atoms in total. The summed E-state index contributed by atoms with van der Waals surface area (Å²) in [5.74, 6) is 0.157. The molecule has 1 aliphatic carbocycles. The van der Waals surface area contributed by atoms with Crippen molar-refractivity contribution in [2.24, 2.45) is 0 Å². The number of H-pyrrole nitrogens is 1. The van der Waals surface area contributed by atoms with Gasteiger partial charge in [-0.2, -0.15) is 0 Å². The minimum absolute atomic E-state index is 0.0669. The van der Waals surface area contributed by atoms with Crippen LogP contribution in [0.25, 0.3) is 0 Å². The zero-order valence-electron chi connectivity index (χ0n) is 20.1. The van der Waals surface area contributed by atoms with Crippen LogP contribution in [0.15, 0.2) is 66.9 Å². The summed E-state index contributed by atoms with van der Waals surface area (Å²) in [4.78, 5) is 30.8. The number of carbonyl (C=O) groups excluding carboxylic acids is 2. The topological polar surface area (TPSA) is 148 Å². The van der Waals surface area contributed by atoms with Crippen molar-refractivity contribution in [2.75, 3.05) is 5.73 Å². The Labute approximate surface area is 210 Å². The van der Waals surface area contributed by atoms with E-state index in [2.05, 4.69) is 9.97 Å². The standard InChI is InChI=1S/C18H18O6.C9H15N3/c19-15(17(21)23-11-13-7-3-1-4-8-13)16(20)18(22)24-12-14-9-5-2-6-10-14;10-8-6-11-9(12-8)7-4-2-1-3-5-7/h1-10,15-16,19-20H,11-12H2;6-7H,1-5,10H2,(H,11,12). The Morgan fingerprint density at radius 1 is 0.861 bits per heavy atom. The molecule has 0 saturated heterocycles. The molecule has 1 heterocycles. The van der Waals surface area contributed by atoms with Gasteiger partial charge in [-0.15, -0.1) is 0 Å². The Morgan fingerprint density at radius 3 is 1.75 bits per heavy atom. The van der Waals surface area contributed by atoms with E-state index in [1.807, 2.05) is 12.1 Å². The maximum atomic E-state index is 11.7. The first-order valence-electron chi connectivity index (χ1n) is 12.0. The Kier molecular flexibility index (Phi) is 10.5. The number of rotatable bonds is 8. The molecule has 0 aliphatic heterocycles. The molecule has 5 N–H and O–H groups in total. The number of aromatic amines is 1. The molecule has 0 radical (unpaired) electrons. The summed E-state index contributed by atoms with van der Waals surface area (Å²) in [6, 6.07) is 17.7. The van der Waals surface area contributed by atoms with E-state index in [4.69, 9.17) is 15.2 Å². The van der Waals surface area contributed by atoms with Gasteiger partial charge in [-0.25, -0.2) is 14.6 Å². The number of aliphatic hydroxyl groups excluding tert-OH is 2. The van der Waals surface area contributed by atoms with Crippen LogP contribution in [0.4, 0.5) is 5.82 Å². The van der Waals surface area contributed by atoms with Crippen molar-refractivity contribution in [1.82, 2.24) is 9.97 Å². The van der Waals surface area contributed by atoms with Gasteiger partial charge in [0, 0.05) is 12.1 Å². The number of aliphatic hydroxyl groups is 2. The van der Waals surface area contributed by atoms with Gasteiger partial charge in [0.2, 0.25) is 0 Å². The normalized spacial score (nSPS) is 15.2. The van der Waals surface area contributed by atoms with E-state index in [0.717, 1.165) is 17.0 Å². The number of benzene rings is 2. The van der Waals surface area contributed by atoms with E-state index >= 15 is 0 Å². The largest absolute Gasteiger partial charge is 0.459 e. The third kappa shape index (κ3) is 8.51. The van der Waals surface area contributed by atoms with Gasteiger partial charge in [-0.3, -0.25) is 0 Å². The molecular weight excluding hydrogens is 462 g/mol. The highest BCUT2D eigenvalue weighted by Crippen LogP contribution is 2.30. The van der Waals surface area contributed by atoms with Gasteiger partial charge in [0.05, 0.1) is 0 Å². The highest BCUT2D eigenvalue weighted by Gasteiger charge is 2.33. The number of anilines is 1. The number of imidazole rings is 1. The summed E-state index contributed by atoms with van der Waals surface area (Å²) >= 11 is 0. The van der Waals surface area contributed by atoms with Crippen molar-refractivity contribution in [2.45, 2.75) is 63.4 Å². The Morgan fingerprint density at radius 2 is 1.33 bits per heavy atom. The van der Waals surface area contributed by atoms with E-state index in [1.54, 1.807) is 54.7 Å². The number of nitrogens with one attached hydrogen (secondary N) is 1. The zero-order chi connectivity index (χ0) is 25.8. The smallest absolute Gasteiger partial charge is 0.338 e. The van der Waals surface area contributed by atoms with Gasteiger partial charge in [-0.05, 0) is 24.0 Å². The summed E-state index contributed by atoms with van der Waals surface area (Å²) in [5, 5.41) is 19.4. The van der Waals surface area contributed by atoms with Crippen LogP contribution in [-0.4, -0.2) is 44.3 Å². The van der Waals surface area contributed by atoms with Crippen LogP contribution in [0.5, 0.6) is 0 Å². The molecule has 192 valence electrons. The number of esters is 2. The highest BCUT2D eigenvalue weighted by molar-refractivity contribution is 5.85. The summed E-state index contributed by atoms with van der Waals surface area (Å²) < 4.78 is 9.73. The number of hydrogen-bond donors (Lipinski definition) is 4. The van der Waals surface area contributed by atoms with Crippen molar-refractivity contribution in [3.63, 3.8) is 0 Å². The van der Waals surface area contributed by atoms with Gasteiger partial charge in [-0.1, -0.05) is 79.9 Å². The van der Waals surface area contributed by atoms with E-state index < -0.39 is 24.1 Å². The maximum Gasteiger partial charge on any atom is 0.338 e. The molecule has 2 unspecified atom stereocenters. The third-order valence-corrected chi connectivity index (χ3v) is 5.84. The lowest BCUT2D eigenvalue weighted by Crippen LogP contribution is -2.41. The first-order chi connectivity index (χ1) is 17.4. The average Bonchev–Trinajstić information content (AvgIpc) is 3.37. The number of ether oxygens (including phenoxy) is 2. The van der Waals surface area contributed by atoms with E-state index in [-0.39, 0.29) is 13.2 Å². The van der Waals surface area contributed by atoms with E-state index in [1.165, 1.54) is 32.1 Å². The van der Waals surface area contributed by atoms with Crippen molar-refractivity contribution >= 4 is 17.8 Å². The molecule has 2 aromatic carbocycles. The van der Waals surface area contributed by atoms with Crippen molar-refractivity contribution in [1.29, 1.82) is 0 Å². The number of carbonyl (C=O) groups is 2. The molecule has 0 amide bonds. The predicted octanol–water partition coefficient (Wildman–Crippen LogP) is 3.23. The van der Waals surface area contributed by atoms with Crippen molar-refractivity contribution in [3.05, 3.63) is 83.8 Å². The highest BCUT2D eigenvalue weighted by atomic mass is 16.6. The number of nitrogens with zero attached hydrogens (tertiary/aromatic N) is 1. The molecule has 1 saturated carbocycles. The molecule has 3 aromatic rings.